The van der Waals surface area contributed by atoms with Crippen molar-refractivity contribution in [1.82, 2.24) is 0 Å². The zero-order valence-electron chi connectivity index (χ0n) is 13.0. The quantitative estimate of drug-likeness (QED) is 0.307. The molecule has 0 radical (unpaired) electrons. The van der Waals surface area contributed by atoms with E-state index in [1.54, 1.807) is 6.07 Å². The smallest absolute Gasteiger partial charge is 0.339 e. The van der Waals surface area contributed by atoms with E-state index in [1.165, 1.54) is 6.07 Å². The summed E-state index contributed by atoms with van der Waals surface area (Å²) >= 11 is 0. The summed E-state index contributed by atoms with van der Waals surface area (Å²) in [5.74, 6) is 0.167. The highest BCUT2D eigenvalue weighted by molar-refractivity contribution is 5.82. The summed E-state index contributed by atoms with van der Waals surface area (Å²) in [7, 11) is 0. The first-order chi connectivity index (χ1) is 11.2. The molecule has 23 heavy (non-hydrogen) atoms. The van der Waals surface area contributed by atoms with Crippen LogP contribution in [0.2, 0.25) is 0 Å². The van der Waals surface area contributed by atoms with Gasteiger partial charge in [0.2, 0.25) is 0 Å². The fraction of sp³-hybridized carbons (Fsp3) is 0.333. The maximum absolute atomic E-state index is 11.5. The van der Waals surface area contributed by atoms with Gasteiger partial charge < -0.3 is 13.9 Å². The lowest BCUT2D eigenvalue weighted by Gasteiger charge is -2.08. The molecule has 0 unspecified atom stereocenters. The Kier molecular flexibility index (Phi) is 6.41. The minimum absolute atomic E-state index is 0.386. The number of para-hydroxylation sites is 1. The van der Waals surface area contributed by atoms with Crippen molar-refractivity contribution >= 4 is 16.9 Å². The van der Waals surface area contributed by atoms with E-state index in [0.29, 0.717) is 24.5 Å². The van der Waals surface area contributed by atoms with Gasteiger partial charge in [-0.25, -0.2) is 9.59 Å². The molecule has 0 saturated heterocycles. The van der Waals surface area contributed by atoms with E-state index in [0.717, 1.165) is 37.1 Å². The molecule has 0 saturated carbocycles. The molecule has 5 nitrogen and oxygen atoms in total. The van der Waals surface area contributed by atoms with Crippen molar-refractivity contribution in [1.29, 1.82) is 0 Å². The summed E-state index contributed by atoms with van der Waals surface area (Å²) < 4.78 is 15.7. The van der Waals surface area contributed by atoms with Crippen molar-refractivity contribution in [2.45, 2.75) is 25.7 Å². The van der Waals surface area contributed by atoms with Crippen molar-refractivity contribution in [3.8, 4) is 5.75 Å². The Labute approximate surface area is 134 Å². The van der Waals surface area contributed by atoms with Gasteiger partial charge in [-0.3, -0.25) is 0 Å². The average molecular weight is 316 g/mol. The summed E-state index contributed by atoms with van der Waals surface area (Å²) in [6, 6.07) is 8.67. The number of carbonyl (C=O) groups is 1. The lowest BCUT2D eigenvalue weighted by Crippen LogP contribution is -2.04. The molecule has 5 heteroatoms. The van der Waals surface area contributed by atoms with Gasteiger partial charge in [0.25, 0.3) is 0 Å². The average Bonchev–Trinajstić information content (AvgIpc) is 2.56. The predicted octanol–water partition coefficient (Wildman–Crippen LogP) is 3.46. The van der Waals surface area contributed by atoms with Crippen LogP contribution in [-0.4, -0.2) is 19.2 Å². The number of hydrogen-bond donors (Lipinski definition) is 0. The Bertz CT molecular complexity index is 717. The normalized spacial score (nSPS) is 10.4. The van der Waals surface area contributed by atoms with E-state index >= 15 is 0 Å². The molecular formula is C18H20O5. The maximum Gasteiger partial charge on any atom is 0.339 e. The molecule has 2 rings (SSSR count). The molecule has 0 fully saturated rings. The van der Waals surface area contributed by atoms with Crippen LogP contribution in [0.15, 0.2) is 52.2 Å². The van der Waals surface area contributed by atoms with Gasteiger partial charge in [0.15, 0.2) is 0 Å². The first kappa shape index (κ1) is 16.8. The highest BCUT2D eigenvalue weighted by Gasteiger charge is 2.05. The van der Waals surface area contributed by atoms with Gasteiger partial charge >= 0.3 is 11.6 Å². The van der Waals surface area contributed by atoms with Crippen LogP contribution in [0.3, 0.4) is 0 Å². The van der Waals surface area contributed by atoms with Crippen molar-refractivity contribution < 1.29 is 18.7 Å². The van der Waals surface area contributed by atoms with Gasteiger partial charge in [-0.05, 0) is 37.8 Å². The summed E-state index contributed by atoms with van der Waals surface area (Å²) in [5, 5.41) is 0.795. The van der Waals surface area contributed by atoms with Gasteiger partial charge in [-0.2, -0.15) is 0 Å². The van der Waals surface area contributed by atoms with Crippen LogP contribution < -0.4 is 10.4 Å². The second kappa shape index (κ2) is 8.78. The number of ether oxygens (including phenoxy) is 2. The Hall–Kier alpha value is -2.56. The van der Waals surface area contributed by atoms with Gasteiger partial charge in [0.1, 0.15) is 11.3 Å². The lowest BCUT2D eigenvalue weighted by atomic mass is 10.2. The number of esters is 1. The fourth-order valence-electron chi connectivity index (χ4n) is 2.17. The number of hydrogen-bond acceptors (Lipinski definition) is 5. The standard InChI is InChI=1S/C18H20O5/c1-2-17(19)22-12-8-4-3-7-11-21-16-13-18(20)23-15-10-6-5-9-14(15)16/h2,5-6,9-10,13H,1,3-4,7-8,11-12H2. The molecule has 0 N–H and O–H groups in total. The summed E-state index contributed by atoms with van der Waals surface area (Å²) in [6.45, 7) is 4.28. The van der Waals surface area contributed by atoms with Crippen molar-refractivity contribution in [2.24, 2.45) is 0 Å². The molecule has 0 amide bonds. The van der Waals surface area contributed by atoms with Crippen LogP contribution in [0.5, 0.6) is 5.75 Å². The number of carbonyl (C=O) groups excluding carboxylic acids is 1. The van der Waals surface area contributed by atoms with Crippen LogP contribution in [0, 0.1) is 0 Å². The first-order valence-corrected chi connectivity index (χ1v) is 7.65. The number of rotatable bonds is 9. The molecule has 0 aliphatic carbocycles. The Morgan fingerprint density at radius 1 is 1.13 bits per heavy atom. The highest BCUT2D eigenvalue weighted by Crippen LogP contribution is 2.23. The molecule has 0 aliphatic rings. The Morgan fingerprint density at radius 2 is 1.87 bits per heavy atom. The molecule has 0 spiro atoms. The van der Waals surface area contributed by atoms with Crippen molar-refractivity contribution in [2.75, 3.05) is 13.2 Å². The van der Waals surface area contributed by atoms with Gasteiger partial charge in [-0.1, -0.05) is 18.7 Å². The molecule has 122 valence electrons. The Morgan fingerprint density at radius 3 is 2.65 bits per heavy atom. The monoisotopic (exact) mass is 316 g/mol. The summed E-state index contributed by atoms with van der Waals surface area (Å²) in [4.78, 5) is 22.3. The molecule has 0 atom stereocenters. The minimum atomic E-state index is -0.414. The second-order valence-electron chi connectivity index (χ2n) is 5.06. The minimum Gasteiger partial charge on any atom is -0.493 e. The number of fused-ring (bicyclic) bond motifs is 1. The van der Waals surface area contributed by atoms with Crippen molar-refractivity contribution in [3.05, 3.63) is 53.4 Å². The molecule has 2 aromatic rings. The third kappa shape index (κ3) is 5.29. The van der Waals surface area contributed by atoms with Crippen LogP contribution in [0.1, 0.15) is 25.7 Å². The first-order valence-electron chi connectivity index (χ1n) is 7.65. The van der Waals surface area contributed by atoms with Crippen molar-refractivity contribution in [3.63, 3.8) is 0 Å². The third-order valence-corrected chi connectivity index (χ3v) is 3.32. The van der Waals surface area contributed by atoms with Gasteiger partial charge in [0.05, 0.1) is 24.7 Å². The zero-order chi connectivity index (χ0) is 16.5. The van der Waals surface area contributed by atoms with E-state index in [2.05, 4.69) is 6.58 Å². The van der Waals surface area contributed by atoms with Crippen LogP contribution >= 0.6 is 0 Å². The topological polar surface area (TPSA) is 65.7 Å². The Balaban J connectivity index is 1.72. The molecule has 1 aromatic heterocycles. The molecule has 0 bridgehead atoms. The van der Waals surface area contributed by atoms with Crippen LogP contribution in [0.25, 0.3) is 11.0 Å². The van der Waals surface area contributed by atoms with E-state index < -0.39 is 5.63 Å². The largest absolute Gasteiger partial charge is 0.493 e. The number of unbranched alkanes of at least 4 members (excludes halogenated alkanes) is 3. The molecule has 0 aliphatic heterocycles. The number of benzene rings is 1. The second-order valence-corrected chi connectivity index (χ2v) is 5.06. The zero-order valence-corrected chi connectivity index (χ0v) is 13.0. The maximum atomic E-state index is 11.5. The molecular weight excluding hydrogens is 296 g/mol. The lowest BCUT2D eigenvalue weighted by molar-refractivity contribution is -0.137. The molecule has 1 heterocycles. The fourth-order valence-corrected chi connectivity index (χ4v) is 2.17. The van der Waals surface area contributed by atoms with E-state index in [9.17, 15) is 9.59 Å². The third-order valence-electron chi connectivity index (χ3n) is 3.32. The summed E-state index contributed by atoms with van der Waals surface area (Å²) in [6.07, 6.45) is 4.76. The van der Waals surface area contributed by atoms with Crippen LogP contribution in [-0.2, 0) is 9.53 Å². The van der Waals surface area contributed by atoms with E-state index in [1.807, 2.05) is 18.2 Å². The predicted molar refractivity (Wildman–Crippen MR) is 87.6 cm³/mol. The van der Waals surface area contributed by atoms with Gasteiger partial charge in [-0.15, -0.1) is 0 Å². The highest BCUT2D eigenvalue weighted by atomic mass is 16.5. The van der Waals surface area contributed by atoms with Crippen LogP contribution in [0.4, 0.5) is 0 Å². The van der Waals surface area contributed by atoms with Gasteiger partial charge in [0, 0.05) is 6.08 Å². The van der Waals surface area contributed by atoms with E-state index in [4.69, 9.17) is 13.9 Å². The van der Waals surface area contributed by atoms with E-state index in [-0.39, 0.29) is 5.97 Å². The SMILES string of the molecule is C=CC(=O)OCCCCCCOc1cc(=O)oc2ccccc12. The molecule has 1 aromatic carbocycles. The summed E-state index contributed by atoms with van der Waals surface area (Å²) in [5.41, 5.74) is 0.113.